The molecule has 3 fully saturated rings. The molecular weight excluding hydrogens is 773 g/mol. The lowest BCUT2D eigenvalue weighted by atomic mass is 9.99. The van der Waals surface area contributed by atoms with Gasteiger partial charge in [0.1, 0.15) is 30.3 Å². The molecule has 1 unspecified atom stereocenters. The molecule has 2 aromatic heterocycles. The first-order valence-electron chi connectivity index (χ1n) is 21.4. The zero-order valence-corrected chi connectivity index (χ0v) is 36.0. The van der Waals surface area contributed by atoms with E-state index in [0.717, 1.165) is 69.0 Å². The summed E-state index contributed by atoms with van der Waals surface area (Å²) in [5.41, 5.74) is 7.88. The number of fused-ring (bicyclic) bond motifs is 1. The van der Waals surface area contributed by atoms with E-state index in [1.54, 1.807) is 4.90 Å². The maximum atomic E-state index is 14.1. The molecule has 3 saturated heterocycles. The van der Waals surface area contributed by atoms with Crippen molar-refractivity contribution in [1.29, 1.82) is 0 Å². The first kappa shape index (κ1) is 41.5. The zero-order chi connectivity index (χ0) is 43.1. The minimum Gasteiger partial charge on any atom is -0.453 e. The third-order valence-corrected chi connectivity index (χ3v) is 12.5. The van der Waals surface area contributed by atoms with Crippen LogP contribution in [0.4, 0.5) is 9.59 Å². The number of hydrogen-bond acceptors (Lipinski definition) is 8. The molecule has 3 aromatic carbocycles. The largest absolute Gasteiger partial charge is 0.453 e. The number of aromatic amines is 2. The fraction of sp³-hybridized carbons (Fsp3) is 0.447. The van der Waals surface area contributed by atoms with Crippen LogP contribution in [0.5, 0.6) is 0 Å². The summed E-state index contributed by atoms with van der Waals surface area (Å²) in [7, 11) is 1.30. The number of aromatic nitrogens is 4. The summed E-state index contributed by atoms with van der Waals surface area (Å²) in [4.78, 5) is 74.3. The molecule has 3 aliphatic rings. The quantitative estimate of drug-likeness (QED) is 0.121. The number of H-pyrrole nitrogens is 2. The van der Waals surface area contributed by atoms with Gasteiger partial charge in [0, 0.05) is 13.1 Å². The number of benzene rings is 3. The Morgan fingerprint density at radius 1 is 0.770 bits per heavy atom. The number of methoxy groups -OCH3 is 1. The maximum Gasteiger partial charge on any atom is 0.410 e. The van der Waals surface area contributed by atoms with Crippen molar-refractivity contribution in [3.8, 4) is 33.5 Å². The van der Waals surface area contributed by atoms with E-state index in [4.69, 9.17) is 19.4 Å². The Labute approximate surface area is 356 Å². The van der Waals surface area contributed by atoms with Crippen LogP contribution < -0.4 is 5.32 Å². The van der Waals surface area contributed by atoms with E-state index in [1.807, 2.05) is 49.8 Å². The Bertz CT molecular complexity index is 2410. The molecule has 3 N–H and O–H groups in total. The number of nitrogens with zero attached hydrogens (tertiary/aromatic N) is 5. The first-order chi connectivity index (χ1) is 29.3. The second-order valence-corrected chi connectivity index (χ2v) is 17.7. The molecular formula is C47H56N8O6. The third-order valence-electron chi connectivity index (χ3n) is 12.5. The Balaban J connectivity index is 0.948. The number of nitrogens with one attached hydrogen (secondary N) is 3. The van der Waals surface area contributed by atoms with Crippen LogP contribution in [0.15, 0.2) is 72.9 Å². The van der Waals surface area contributed by atoms with Gasteiger partial charge in [-0.3, -0.25) is 14.5 Å². The van der Waals surface area contributed by atoms with Crippen molar-refractivity contribution in [2.24, 2.45) is 23.7 Å². The van der Waals surface area contributed by atoms with Gasteiger partial charge in [-0.2, -0.15) is 0 Å². The standard InChI is InChI=1S/C47H56N8O6/c1-26(2)40(52-46(58)60-7)44(56)54-24-28(5)20-38(54)42-48-23-37(51-42)33-14-12-31(13-15-33)30-8-10-32(11-9-30)34-16-17-35-36(22-34)50-43(49-35)39-21-29(6)25-55(39)45(57)41(27(3)4)53-18-19-61-47(53)59/h8-17,22-23,26-29,38-41H,18-21,24-25H2,1-7H3,(H,48,51)(H,49,50)(H,52,58)/t28-,29-,38-,39-,40?,41-/m0/s1. The highest BCUT2D eigenvalue weighted by atomic mass is 16.6. The van der Waals surface area contributed by atoms with Gasteiger partial charge in [0.05, 0.1) is 48.7 Å². The normalized spacial score (nSPS) is 21.4. The number of alkyl carbamates (subject to hydrolysis) is 1. The molecule has 14 heteroatoms. The number of rotatable bonds is 11. The highest BCUT2D eigenvalue weighted by molar-refractivity contribution is 5.88. The van der Waals surface area contributed by atoms with Gasteiger partial charge in [-0.25, -0.2) is 19.6 Å². The van der Waals surface area contributed by atoms with E-state index in [1.165, 1.54) is 7.11 Å². The van der Waals surface area contributed by atoms with Crippen LogP contribution >= 0.6 is 0 Å². The first-order valence-corrected chi connectivity index (χ1v) is 21.4. The number of carbonyl (C=O) groups excluding carboxylic acids is 4. The van der Waals surface area contributed by atoms with Crippen molar-refractivity contribution in [2.45, 2.75) is 78.6 Å². The highest BCUT2D eigenvalue weighted by Crippen LogP contribution is 2.39. The van der Waals surface area contributed by atoms with Crippen molar-refractivity contribution in [2.75, 3.05) is 33.4 Å². The molecule has 5 aromatic rings. The van der Waals surface area contributed by atoms with E-state index in [2.05, 4.69) is 89.8 Å². The van der Waals surface area contributed by atoms with Gasteiger partial charge in [0.2, 0.25) is 11.8 Å². The summed E-state index contributed by atoms with van der Waals surface area (Å²) in [6.07, 6.45) is 2.33. The molecule has 61 heavy (non-hydrogen) atoms. The van der Waals surface area contributed by atoms with Crippen molar-refractivity contribution < 1.29 is 28.7 Å². The Morgan fingerprint density at radius 2 is 1.34 bits per heavy atom. The molecule has 0 saturated carbocycles. The van der Waals surface area contributed by atoms with Crippen molar-refractivity contribution in [1.82, 2.24) is 40.0 Å². The molecule has 5 heterocycles. The number of ether oxygens (including phenoxy) is 2. The predicted octanol–water partition coefficient (Wildman–Crippen LogP) is 7.96. The average Bonchev–Trinajstić information content (AvgIpc) is 4.10. The van der Waals surface area contributed by atoms with Crippen molar-refractivity contribution >= 4 is 35.0 Å². The Kier molecular flexibility index (Phi) is 11.6. The topological polar surface area (TPSA) is 166 Å². The second kappa shape index (κ2) is 17.1. The Morgan fingerprint density at radius 3 is 1.92 bits per heavy atom. The van der Waals surface area contributed by atoms with Crippen molar-refractivity contribution in [3.63, 3.8) is 0 Å². The summed E-state index contributed by atoms with van der Waals surface area (Å²) in [6.45, 7) is 14.0. The van der Waals surface area contributed by atoms with E-state index in [0.29, 0.717) is 32.2 Å². The predicted molar refractivity (Wildman–Crippen MR) is 232 cm³/mol. The van der Waals surface area contributed by atoms with Crippen LogP contribution in [0.3, 0.4) is 0 Å². The number of hydrogen-bond donors (Lipinski definition) is 3. The van der Waals surface area contributed by atoms with E-state index in [-0.39, 0.29) is 41.7 Å². The number of carbonyl (C=O) groups is 4. The SMILES string of the molecule is COC(=O)NC(C(=O)N1C[C@@H](C)C[C@H]1c1ncc(-c2ccc(-c3ccc(-c4ccc5nc([C@@H]6C[C@H](C)CN6C(=O)[C@H](C(C)C)N6CCOC6=O)[nH]c5c4)cc3)cc2)[nH]1)C(C)C. The molecule has 0 bridgehead atoms. The van der Waals surface area contributed by atoms with Crippen LogP contribution in [0, 0.1) is 23.7 Å². The van der Waals surface area contributed by atoms with E-state index in [9.17, 15) is 19.2 Å². The van der Waals surface area contributed by atoms with Gasteiger partial charge in [-0.15, -0.1) is 0 Å². The van der Waals surface area contributed by atoms with Gasteiger partial charge >= 0.3 is 12.2 Å². The second-order valence-electron chi connectivity index (χ2n) is 17.7. The molecule has 0 radical (unpaired) electrons. The molecule has 0 aliphatic carbocycles. The number of amides is 4. The lowest BCUT2D eigenvalue weighted by Crippen LogP contribution is -2.51. The van der Waals surface area contributed by atoms with Gasteiger partial charge in [-0.1, -0.05) is 96.1 Å². The summed E-state index contributed by atoms with van der Waals surface area (Å²) >= 11 is 0. The number of imidazole rings is 2. The van der Waals surface area contributed by atoms with Crippen molar-refractivity contribution in [3.05, 3.63) is 84.6 Å². The van der Waals surface area contributed by atoms with Crippen LogP contribution in [0.1, 0.15) is 78.1 Å². The van der Waals surface area contributed by atoms with Gasteiger partial charge in [0.15, 0.2) is 0 Å². The number of likely N-dealkylation sites (tertiary alicyclic amines) is 2. The minimum atomic E-state index is -0.698. The summed E-state index contributed by atoms with van der Waals surface area (Å²) < 4.78 is 9.98. The molecule has 320 valence electrons. The maximum absolute atomic E-state index is 14.1. The lowest BCUT2D eigenvalue weighted by molar-refractivity contribution is -0.138. The number of cyclic esters (lactones) is 1. The zero-order valence-electron chi connectivity index (χ0n) is 36.0. The van der Waals surface area contributed by atoms with Crippen LogP contribution in [0.2, 0.25) is 0 Å². The van der Waals surface area contributed by atoms with E-state index >= 15 is 0 Å². The molecule has 8 rings (SSSR count). The fourth-order valence-electron chi connectivity index (χ4n) is 9.30. The minimum absolute atomic E-state index is 0.0573. The summed E-state index contributed by atoms with van der Waals surface area (Å²) in [6, 6.07) is 21.3. The fourth-order valence-corrected chi connectivity index (χ4v) is 9.30. The molecule has 0 spiro atoms. The smallest absolute Gasteiger partial charge is 0.410 e. The average molecular weight is 829 g/mol. The molecule has 3 aliphatic heterocycles. The summed E-state index contributed by atoms with van der Waals surface area (Å²) in [5.74, 6) is 1.70. The molecule has 14 nitrogen and oxygen atoms in total. The molecule has 6 atom stereocenters. The van der Waals surface area contributed by atoms with Crippen LogP contribution in [-0.2, 0) is 19.1 Å². The van der Waals surface area contributed by atoms with Gasteiger partial charge in [-0.05, 0) is 76.5 Å². The van der Waals surface area contributed by atoms with Crippen LogP contribution in [-0.4, -0.2) is 104 Å². The van der Waals surface area contributed by atoms with Gasteiger partial charge < -0.3 is 34.6 Å². The Hall–Kier alpha value is -6.18. The van der Waals surface area contributed by atoms with E-state index < -0.39 is 24.3 Å². The monoisotopic (exact) mass is 828 g/mol. The highest BCUT2D eigenvalue weighted by Gasteiger charge is 2.44. The lowest BCUT2D eigenvalue weighted by Gasteiger charge is -2.33. The summed E-state index contributed by atoms with van der Waals surface area (Å²) in [5, 5.41) is 2.72. The third kappa shape index (κ3) is 8.32. The molecule has 4 amide bonds. The van der Waals surface area contributed by atoms with Gasteiger partial charge in [0.25, 0.3) is 0 Å². The van der Waals surface area contributed by atoms with Crippen LogP contribution in [0.25, 0.3) is 44.5 Å².